The van der Waals surface area contributed by atoms with Gasteiger partial charge in [-0.2, -0.15) is 0 Å². The highest BCUT2D eigenvalue weighted by atomic mass is 127. The lowest BCUT2D eigenvalue weighted by Crippen LogP contribution is -2.40. The average Bonchev–Trinajstić information content (AvgIpc) is 3.28. The number of aliphatic imine (C=N–C) groups is 1. The number of likely N-dealkylation sites (tertiary alicyclic amines) is 1. The van der Waals surface area contributed by atoms with E-state index in [9.17, 15) is 0 Å². The van der Waals surface area contributed by atoms with Crippen LogP contribution < -0.4 is 10.1 Å². The van der Waals surface area contributed by atoms with Crippen LogP contribution in [0.1, 0.15) is 31.4 Å². The molecule has 146 valence electrons. The van der Waals surface area contributed by atoms with Crippen LogP contribution >= 0.6 is 24.0 Å². The molecule has 3 rings (SSSR count). The molecule has 0 amide bonds. The molecule has 0 aromatic heterocycles. The van der Waals surface area contributed by atoms with Crippen LogP contribution in [0.5, 0.6) is 5.75 Å². The molecule has 2 heterocycles. The lowest BCUT2D eigenvalue weighted by atomic mass is 10.1. The van der Waals surface area contributed by atoms with Crippen LogP contribution in [0, 0.1) is 5.92 Å². The Kier molecular flexibility index (Phi) is 8.98. The normalized spacial score (nSPS) is 19.1. The lowest BCUT2D eigenvalue weighted by molar-refractivity contribution is 0.114. The quantitative estimate of drug-likeness (QED) is 0.376. The van der Waals surface area contributed by atoms with Crippen molar-refractivity contribution in [3.05, 3.63) is 29.3 Å². The van der Waals surface area contributed by atoms with Gasteiger partial charge in [0.2, 0.25) is 0 Å². The summed E-state index contributed by atoms with van der Waals surface area (Å²) in [5.74, 6) is 2.73. The maximum absolute atomic E-state index is 5.58. The van der Waals surface area contributed by atoms with Crippen molar-refractivity contribution in [3.8, 4) is 5.75 Å². The molecule has 0 saturated carbocycles. The third-order valence-corrected chi connectivity index (χ3v) is 4.89. The number of ether oxygens (including phenoxy) is 2. The zero-order valence-electron chi connectivity index (χ0n) is 16.0. The van der Waals surface area contributed by atoms with E-state index in [1.165, 1.54) is 17.5 Å². The van der Waals surface area contributed by atoms with E-state index >= 15 is 0 Å². The van der Waals surface area contributed by atoms with Crippen LogP contribution in [0.3, 0.4) is 0 Å². The molecule has 1 fully saturated rings. The molecule has 1 saturated heterocycles. The Morgan fingerprint density at radius 2 is 2.27 bits per heavy atom. The van der Waals surface area contributed by atoms with Crippen molar-refractivity contribution in [1.82, 2.24) is 10.2 Å². The van der Waals surface area contributed by atoms with Gasteiger partial charge in [0.15, 0.2) is 5.96 Å². The summed E-state index contributed by atoms with van der Waals surface area (Å²) >= 11 is 0. The van der Waals surface area contributed by atoms with Gasteiger partial charge in [0, 0.05) is 45.1 Å². The van der Waals surface area contributed by atoms with Gasteiger partial charge in [-0.3, -0.25) is 4.99 Å². The Morgan fingerprint density at radius 3 is 3.08 bits per heavy atom. The van der Waals surface area contributed by atoms with Crippen molar-refractivity contribution in [2.24, 2.45) is 10.9 Å². The number of guanidine groups is 1. The summed E-state index contributed by atoms with van der Waals surface area (Å²) in [7, 11) is 0. The van der Waals surface area contributed by atoms with E-state index in [-0.39, 0.29) is 24.0 Å². The number of hydrogen-bond donors (Lipinski definition) is 1. The number of fused-ring (bicyclic) bond motifs is 1. The Hall–Kier alpha value is -1.02. The number of halogens is 1. The SMILES string of the molecule is CCNC(=NCCc1ccc2c(c1)CCO2)N1CCC(COCC)C1.I. The minimum absolute atomic E-state index is 0. The van der Waals surface area contributed by atoms with Gasteiger partial charge in [0.25, 0.3) is 0 Å². The first-order chi connectivity index (χ1) is 12.3. The molecular weight excluding hydrogens is 441 g/mol. The van der Waals surface area contributed by atoms with Crippen LogP contribution in [-0.2, 0) is 17.6 Å². The van der Waals surface area contributed by atoms with Crippen molar-refractivity contribution in [3.63, 3.8) is 0 Å². The van der Waals surface area contributed by atoms with E-state index in [0.29, 0.717) is 5.92 Å². The number of nitrogens with zero attached hydrogens (tertiary/aromatic N) is 2. The van der Waals surface area contributed by atoms with Gasteiger partial charge in [-0.05, 0) is 43.9 Å². The lowest BCUT2D eigenvalue weighted by Gasteiger charge is -2.21. The van der Waals surface area contributed by atoms with Crippen molar-refractivity contribution in [2.45, 2.75) is 33.1 Å². The molecule has 0 radical (unpaired) electrons. The maximum atomic E-state index is 5.58. The van der Waals surface area contributed by atoms with Crippen LogP contribution in [0.2, 0.25) is 0 Å². The van der Waals surface area contributed by atoms with E-state index in [1.54, 1.807) is 0 Å². The molecule has 0 bridgehead atoms. The first-order valence-electron chi connectivity index (χ1n) is 9.65. The van der Waals surface area contributed by atoms with Gasteiger partial charge in [0.05, 0.1) is 13.2 Å². The molecule has 26 heavy (non-hydrogen) atoms. The third-order valence-electron chi connectivity index (χ3n) is 4.89. The second kappa shape index (κ2) is 11.0. The van der Waals surface area contributed by atoms with Crippen molar-refractivity contribution in [2.75, 3.05) is 46.0 Å². The van der Waals surface area contributed by atoms with E-state index in [2.05, 4.69) is 42.3 Å². The van der Waals surface area contributed by atoms with Crippen molar-refractivity contribution < 1.29 is 9.47 Å². The Balaban J connectivity index is 0.00000243. The third kappa shape index (κ3) is 5.74. The highest BCUT2D eigenvalue weighted by Crippen LogP contribution is 2.26. The first-order valence-corrected chi connectivity index (χ1v) is 9.65. The summed E-state index contributed by atoms with van der Waals surface area (Å²) in [6, 6.07) is 6.55. The monoisotopic (exact) mass is 473 g/mol. The standard InChI is InChI=1S/C20H31N3O2.HI/c1-3-21-20(23-11-8-17(14-23)15-24-4-2)22-10-7-16-5-6-19-18(13-16)9-12-25-19;/h5-6,13,17H,3-4,7-12,14-15H2,1-2H3,(H,21,22);1H. The largest absolute Gasteiger partial charge is 0.493 e. The van der Waals surface area contributed by atoms with E-state index < -0.39 is 0 Å². The molecule has 5 nitrogen and oxygen atoms in total. The van der Waals surface area contributed by atoms with Crippen LogP contribution in [-0.4, -0.2) is 56.9 Å². The maximum Gasteiger partial charge on any atom is 0.193 e. The zero-order chi connectivity index (χ0) is 17.5. The summed E-state index contributed by atoms with van der Waals surface area (Å²) in [5.41, 5.74) is 2.69. The second-order valence-electron chi connectivity index (χ2n) is 6.79. The molecule has 1 aromatic carbocycles. The number of benzene rings is 1. The molecule has 2 aliphatic rings. The second-order valence-corrected chi connectivity index (χ2v) is 6.79. The van der Waals surface area contributed by atoms with E-state index in [1.807, 2.05) is 0 Å². The predicted molar refractivity (Wildman–Crippen MR) is 117 cm³/mol. The number of nitrogens with one attached hydrogen (secondary N) is 1. The fraction of sp³-hybridized carbons (Fsp3) is 0.650. The molecule has 1 unspecified atom stereocenters. The summed E-state index contributed by atoms with van der Waals surface area (Å²) in [6.45, 7) is 10.5. The Bertz CT molecular complexity index is 594. The smallest absolute Gasteiger partial charge is 0.193 e. The van der Waals surface area contributed by atoms with Gasteiger partial charge in [-0.15, -0.1) is 24.0 Å². The van der Waals surface area contributed by atoms with Gasteiger partial charge >= 0.3 is 0 Å². The minimum Gasteiger partial charge on any atom is -0.493 e. The molecule has 1 N–H and O–H groups in total. The van der Waals surface area contributed by atoms with Crippen molar-refractivity contribution in [1.29, 1.82) is 0 Å². The number of rotatable bonds is 7. The molecule has 6 heteroatoms. The van der Waals surface area contributed by atoms with Crippen LogP contribution in [0.25, 0.3) is 0 Å². The first kappa shape index (κ1) is 21.3. The highest BCUT2D eigenvalue weighted by Gasteiger charge is 2.24. The van der Waals surface area contributed by atoms with E-state index in [0.717, 1.165) is 70.6 Å². The Morgan fingerprint density at radius 1 is 1.38 bits per heavy atom. The topological polar surface area (TPSA) is 46.1 Å². The molecule has 0 aliphatic carbocycles. The minimum atomic E-state index is 0. The van der Waals surface area contributed by atoms with Gasteiger partial charge in [0.1, 0.15) is 5.75 Å². The van der Waals surface area contributed by atoms with Gasteiger partial charge < -0.3 is 19.7 Å². The predicted octanol–water partition coefficient (Wildman–Crippen LogP) is 3.11. The number of hydrogen-bond acceptors (Lipinski definition) is 3. The molecular formula is C20H32IN3O2. The highest BCUT2D eigenvalue weighted by molar-refractivity contribution is 14.0. The molecule has 1 atom stereocenters. The van der Waals surface area contributed by atoms with E-state index in [4.69, 9.17) is 14.5 Å². The van der Waals surface area contributed by atoms with Crippen LogP contribution in [0.15, 0.2) is 23.2 Å². The summed E-state index contributed by atoms with van der Waals surface area (Å²) < 4.78 is 11.2. The fourth-order valence-corrected chi connectivity index (χ4v) is 3.56. The zero-order valence-corrected chi connectivity index (χ0v) is 18.3. The molecule has 0 spiro atoms. The average molecular weight is 473 g/mol. The van der Waals surface area contributed by atoms with Crippen molar-refractivity contribution >= 4 is 29.9 Å². The van der Waals surface area contributed by atoms with Crippen LogP contribution in [0.4, 0.5) is 0 Å². The Labute approximate surface area is 174 Å². The van der Waals surface area contributed by atoms with Gasteiger partial charge in [-0.25, -0.2) is 0 Å². The fourth-order valence-electron chi connectivity index (χ4n) is 3.56. The summed E-state index contributed by atoms with van der Waals surface area (Å²) in [5, 5.41) is 3.44. The molecule has 1 aromatic rings. The molecule has 2 aliphatic heterocycles. The summed E-state index contributed by atoms with van der Waals surface area (Å²) in [4.78, 5) is 7.24. The van der Waals surface area contributed by atoms with Gasteiger partial charge in [-0.1, -0.05) is 12.1 Å². The summed E-state index contributed by atoms with van der Waals surface area (Å²) in [6.07, 6.45) is 3.19.